The minimum atomic E-state index is -0.891. The van der Waals surface area contributed by atoms with Crippen molar-refractivity contribution in [1.29, 1.82) is 0 Å². The van der Waals surface area contributed by atoms with Crippen molar-refractivity contribution in [3.05, 3.63) is 29.3 Å². The first-order valence-electron chi connectivity index (χ1n) is 4.89. The van der Waals surface area contributed by atoms with Crippen molar-refractivity contribution in [2.75, 3.05) is 20.1 Å². The fourth-order valence-corrected chi connectivity index (χ4v) is 1.65. The molecule has 0 unspecified atom stereocenters. The summed E-state index contributed by atoms with van der Waals surface area (Å²) in [5.41, 5.74) is -0.557. The molecule has 0 spiro atoms. The Hall–Kier alpha value is -1.49. The molecule has 0 aromatic heterocycles. The Labute approximate surface area is 91.6 Å². The van der Waals surface area contributed by atoms with E-state index in [-0.39, 0.29) is 18.1 Å². The Kier molecular flexibility index (Phi) is 2.87. The summed E-state index contributed by atoms with van der Waals surface area (Å²) in [6, 6.07) is 2.07. The van der Waals surface area contributed by atoms with Crippen molar-refractivity contribution in [2.24, 2.45) is 0 Å². The largest absolute Gasteiger partial charge is 0.488 e. The van der Waals surface area contributed by atoms with Crippen LogP contribution in [0.15, 0.2) is 12.1 Å². The van der Waals surface area contributed by atoms with Crippen LogP contribution in [0.25, 0.3) is 0 Å². The quantitative estimate of drug-likeness (QED) is 0.732. The van der Waals surface area contributed by atoms with Crippen LogP contribution in [0, 0.1) is 11.6 Å². The van der Waals surface area contributed by atoms with E-state index in [2.05, 4.69) is 0 Å². The summed E-state index contributed by atoms with van der Waals surface area (Å²) in [6.45, 7) is 1.47. The van der Waals surface area contributed by atoms with Crippen molar-refractivity contribution in [1.82, 2.24) is 4.90 Å². The van der Waals surface area contributed by atoms with Crippen molar-refractivity contribution in [3.63, 3.8) is 0 Å². The summed E-state index contributed by atoms with van der Waals surface area (Å²) in [5, 5.41) is 0. The van der Waals surface area contributed by atoms with Crippen LogP contribution in [0.5, 0.6) is 5.75 Å². The molecule has 0 atom stereocenters. The first-order valence-corrected chi connectivity index (χ1v) is 4.89. The summed E-state index contributed by atoms with van der Waals surface area (Å²) in [6.07, 6.45) is 0.122. The Morgan fingerprint density at radius 1 is 1.38 bits per heavy atom. The molecule has 1 aromatic carbocycles. The number of hydrogen-bond donors (Lipinski definition) is 0. The van der Waals surface area contributed by atoms with Gasteiger partial charge in [-0.25, -0.2) is 8.78 Å². The molecular formula is C11H11F2NO2. The van der Waals surface area contributed by atoms with E-state index in [0.717, 1.165) is 25.2 Å². The predicted molar refractivity (Wildman–Crippen MR) is 53.7 cm³/mol. The Morgan fingerprint density at radius 2 is 1.94 bits per heavy atom. The zero-order chi connectivity index (χ0) is 11.7. The number of halogens is 2. The Balaban J connectivity index is 2.13. The number of hydrogen-bond acceptors (Lipinski definition) is 3. The third-order valence-electron chi connectivity index (χ3n) is 2.50. The highest BCUT2D eigenvalue weighted by Crippen LogP contribution is 2.22. The maximum atomic E-state index is 13.2. The van der Waals surface area contributed by atoms with E-state index in [9.17, 15) is 13.6 Å². The monoisotopic (exact) mass is 227 g/mol. The molecule has 1 aliphatic heterocycles. The van der Waals surface area contributed by atoms with Crippen LogP contribution in [0.3, 0.4) is 0 Å². The first-order chi connectivity index (χ1) is 7.60. The number of aldehydes is 1. The normalized spacial score (nSPS) is 16.9. The van der Waals surface area contributed by atoms with Gasteiger partial charge in [-0.1, -0.05) is 0 Å². The van der Waals surface area contributed by atoms with Crippen molar-refractivity contribution in [2.45, 2.75) is 6.10 Å². The Morgan fingerprint density at radius 3 is 2.38 bits per heavy atom. The minimum absolute atomic E-state index is 0.0362. The number of nitrogens with zero attached hydrogens (tertiary/aromatic N) is 1. The van der Waals surface area contributed by atoms with Gasteiger partial charge >= 0.3 is 0 Å². The van der Waals surface area contributed by atoms with Gasteiger partial charge in [0.2, 0.25) is 0 Å². The molecule has 0 bridgehead atoms. The van der Waals surface area contributed by atoms with E-state index in [4.69, 9.17) is 4.74 Å². The smallest absolute Gasteiger partial charge is 0.155 e. The van der Waals surface area contributed by atoms with Gasteiger partial charge in [-0.15, -0.1) is 0 Å². The molecule has 1 heterocycles. The average molecular weight is 227 g/mol. The first kappa shape index (κ1) is 11.0. The molecule has 5 heteroatoms. The number of likely N-dealkylation sites (N-methyl/N-ethyl adjacent to an activating group) is 1. The van der Waals surface area contributed by atoms with Gasteiger partial charge < -0.3 is 4.74 Å². The van der Waals surface area contributed by atoms with E-state index in [1.165, 1.54) is 0 Å². The lowest BCUT2D eigenvalue weighted by atomic mass is 10.1. The summed E-state index contributed by atoms with van der Waals surface area (Å²) in [7, 11) is 1.93. The number of benzene rings is 1. The van der Waals surface area contributed by atoms with E-state index >= 15 is 0 Å². The van der Waals surface area contributed by atoms with E-state index < -0.39 is 17.2 Å². The van der Waals surface area contributed by atoms with E-state index in [1.54, 1.807) is 0 Å². The molecule has 3 nitrogen and oxygen atoms in total. The molecule has 1 aromatic rings. The van der Waals surface area contributed by atoms with Crippen LogP contribution < -0.4 is 4.74 Å². The standard InChI is InChI=1S/C11H11F2NO2/c1-14-4-8(5-14)16-7-2-10(12)9(6-15)11(13)3-7/h2-3,6,8H,4-5H2,1H3. The summed E-state index contributed by atoms with van der Waals surface area (Å²) >= 11 is 0. The molecule has 0 N–H and O–H groups in total. The number of carbonyl (C=O) groups is 1. The van der Waals surface area contributed by atoms with Crippen LogP contribution >= 0.6 is 0 Å². The third-order valence-corrected chi connectivity index (χ3v) is 2.50. The number of carbonyl (C=O) groups excluding carboxylic acids is 1. The molecule has 16 heavy (non-hydrogen) atoms. The second-order valence-electron chi connectivity index (χ2n) is 3.88. The summed E-state index contributed by atoms with van der Waals surface area (Å²) in [5.74, 6) is -1.66. The fraction of sp³-hybridized carbons (Fsp3) is 0.364. The highest BCUT2D eigenvalue weighted by atomic mass is 19.1. The molecule has 0 radical (unpaired) electrons. The SMILES string of the molecule is CN1CC(Oc2cc(F)c(C=O)c(F)c2)C1. The molecule has 1 aliphatic rings. The predicted octanol–water partition coefficient (Wildman–Crippen LogP) is 1.47. The molecule has 2 rings (SSSR count). The fourth-order valence-electron chi connectivity index (χ4n) is 1.65. The highest BCUT2D eigenvalue weighted by molar-refractivity contribution is 5.75. The molecule has 86 valence electrons. The molecule has 0 aliphatic carbocycles. The second kappa shape index (κ2) is 4.17. The van der Waals surface area contributed by atoms with Crippen LogP contribution in [-0.2, 0) is 0 Å². The molecule has 0 saturated carbocycles. The van der Waals surface area contributed by atoms with E-state index in [0.29, 0.717) is 0 Å². The lowest BCUT2D eigenvalue weighted by molar-refractivity contribution is 0.0384. The molecule has 1 fully saturated rings. The average Bonchev–Trinajstić information content (AvgIpc) is 2.15. The molecule has 0 amide bonds. The number of ether oxygens (including phenoxy) is 1. The maximum Gasteiger partial charge on any atom is 0.155 e. The lowest BCUT2D eigenvalue weighted by Gasteiger charge is -2.36. The van der Waals surface area contributed by atoms with Crippen LogP contribution in [-0.4, -0.2) is 37.4 Å². The molecule has 1 saturated heterocycles. The van der Waals surface area contributed by atoms with Gasteiger partial charge in [0, 0.05) is 25.2 Å². The highest BCUT2D eigenvalue weighted by Gasteiger charge is 2.25. The topological polar surface area (TPSA) is 29.5 Å². The van der Waals surface area contributed by atoms with Gasteiger partial charge in [0.1, 0.15) is 23.5 Å². The zero-order valence-electron chi connectivity index (χ0n) is 8.74. The zero-order valence-corrected chi connectivity index (χ0v) is 8.74. The van der Waals surface area contributed by atoms with Crippen LogP contribution in [0.2, 0.25) is 0 Å². The van der Waals surface area contributed by atoms with Gasteiger partial charge in [0.15, 0.2) is 6.29 Å². The van der Waals surface area contributed by atoms with Gasteiger partial charge in [-0.05, 0) is 7.05 Å². The van der Waals surface area contributed by atoms with Crippen molar-refractivity contribution >= 4 is 6.29 Å². The van der Waals surface area contributed by atoms with Gasteiger partial charge in [-0.3, -0.25) is 9.69 Å². The summed E-state index contributed by atoms with van der Waals surface area (Å²) < 4.78 is 31.7. The maximum absolute atomic E-state index is 13.2. The number of likely N-dealkylation sites (tertiary alicyclic amines) is 1. The Bertz CT molecular complexity index is 393. The molecular weight excluding hydrogens is 216 g/mol. The summed E-state index contributed by atoms with van der Waals surface area (Å²) in [4.78, 5) is 12.4. The van der Waals surface area contributed by atoms with Crippen LogP contribution in [0.4, 0.5) is 8.78 Å². The number of rotatable bonds is 3. The second-order valence-corrected chi connectivity index (χ2v) is 3.88. The van der Waals surface area contributed by atoms with Crippen molar-refractivity contribution < 1.29 is 18.3 Å². The van der Waals surface area contributed by atoms with Gasteiger partial charge in [0.25, 0.3) is 0 Å². The third kappa shape index (κ3) is 2.04. The van der Waals surface area contributed by atoms with Crippen molar-refractivity contribution in [3.8, 4) is 5.75 Å². The minimum Gasteiger partial charge on any atom is -0.488 e. The van der Waals surface area contributed by atoms with Crippen LogP contribution in [0.1, 0.15) is 10.4 Å². The lowest BCUT2D eigenvalue weighted by Crippen LogP contribution is -2.51. The van der Waals surface area contributed by atoms with Gasteiger partial charge in [0.05, 0.1) is 5.56 Å². The van der Waals surface area contributed by atoms with E-state index in [1.807, 2.05) is 11.9 Å². The van der Waals surface area contributed by atoms with Gasteiger partial charge in [-0.2, -0.15) is 0 Å².